The Labute approximate surface area is 96.7 Å². The average Bonchev–Trinajstić information content (AvgIpc) is 2.22. The van der Waals surface area contributed by atoms with Crippen LogP contribution >= 0.6 is 0 Å². The van der Waals surface area contributed by atoms with Gasteiger partial charge in [-0.05, 0) is 25.7 Å². The smallest absolute Gasteiger partial charge is 0.246 e. The molecule has 0 atom stereocenters. The van der Waals surface area contributed by atoms with Crippen LogP contribution in [-0.4, -0.2) is 37.4 Å². The normalized spacial score (nSPS) is 17.0. The van der Waals surface area contributed by atoms with Gasteiger partial charge >= 0.3 is 0 Å². The summed E-state index contributed by atoms with van der Waals surface area (Å²) in [7, 11) is 0. The maximum absolute atomic E-state index is 11.6. The Morgan fingerprint density at radius 2 is 2.25 bits per heavy atom. The van der Waals surface area contributed by atoms with E-state index in [9.17, 15) is 4.79 Å². The largest absolute Gasteiger partial charge is 0.394 e. The summed E-state index contributed by atoms with van der Waals surface area (Å²) in [6, 6.07) is 0. The van der Waals surface area contributed by atoms with Gasteiger partial charge in [-0.3, -0.25) is 4.79 Å². The number of carbonyl (C=O) groups excluding carboxylic acids is 1. The molecule has 0 saturated heterocycles. The van der Waals surface area contributed by atoms with Gasteiger partial charge in [0.1, 0.15) is 0 Å². The maximum Gasteiger partial charge on any atom is 0.246 e. The van der Waals surface area contributed by atoms with E-state index < -0.39 is 0 Å². The summed E-state index contributed by atoms with van der Waals surface area (Å²) >= 11 is 0. The van der Waals surface area contributed by atoms with Gasteiger partial charge in [-0.25, -0.2) is 0 Å². The molecule has 0 radical (unpaired) electrons. The lowest BCUT2D eigenvalue weighted by Gasteiger charge is -2.22. The Kier molecular flexibility index (Phi) is 6.11. The molecule has 1 saturated carbocycles. The molecule has 2 N–H and O–H groups in total. The number of ether oxygens (including phenoxy) is 1. The summed E-state index contributed by atoms with van der Waals surface area (Å²) in [5, 5.41) is 11.3. The van der Waals surface area contributed by atoms with Gasteiger partial charge in [0.05, 0.1) is 19.8 Å². The van der Waals surface area contributed by atoms with E-state index in [4.69, 9.17) is 9.84 Å². The SMILES string of the molecule is C/C(=C\C1CCC1)C(=O)NCCOCCO. The lowest BCUT2D eigenvalue weighted by Crippen LogP contribution is -2.28. The third-order valence-corrected chi connectivity index (χ3v) is 2.76. The van der Waals surface area contributed by atoms with E-state index in [1.54, 1.807) is 0 Å². The third-order valence-electron chi connectivity index (χ3n) is 2.76. The number of allylic oxidation sites excluding steroid dienone is 1. The fraction of sp³-hybridized carbons (Fsp3) is 0.750. The highest BCUT2D eigenvalue weighted by Gasteiger charge is 2.16. The van der Waals surface area contributed by atoms with Crippen molar-refractivity contribution in [3.63, 3.8) is 0 Å². The Morgan fingerprint density at radius 1 is 1.50 bits per heavy atom. The van der Waals surface area contributed by atoms with Crippen LogP contribution in [0, 0.1) is 5.92 Å². The number of carbonyl (C=O) groups is 1. The van der Waals surface area contributed by atoms with Crippen molar-refractivity contribution >= 4 is 5.91 Å². The number of nitrogens with one attached hydrogen (secondary N) is 1. The van der Waals surface area contributed by atoms with Gasteiger partial charge in [0.15, 0.2) is 0 Å². The van der Waals surface area contributed by atoms with Gasteiger partial charge in [0.25, 0.3) is 0 Å². The van der Waals surface area contributed by atoms with Crippen molar-refractivity contribution in [2.24, 2.45) is 5.92 Å². The fourth-order valence-corrected chi connectivity index (χ4v) is 1.58. The molecule has 1 amide bonds. The lowest BCUT2D eigenvalue weighted by atomic mass is 9.84. The molecule has 0 aromatic heterocycles. The van der Waals surface area contributed by atoms with Crippen molar-refractivity contribution in [1.82, 2.24) is 5.32 Å². The highest BCUT2D eigenvalue weighted by molar-refractivity contribution is 5.92. The second-order valence-corrected chi connectivity index (χ2v) is 4.13. The molecule has 0 aromatic rings. The topological polar surface area (TPSA) is 58.6 Å². The maximum atomic E-state index is 11.6. The summed E-state index contributed by atoms with van der Waals surface area (Å²) in [6.45, 7) is 3.14. The van der Waals surface area contributed by atoms with Crippen LogP contribution in [0.5, 0.6) is 0 Å². The van der Waals surface area contributed by atoms with Gasteiger partial charge in [0, 0.05) is 12.1 Å². The molecule has 4 heteroatoms. The molecule has 4 nitrogen and oxygen atoms in total. The molecular weight excluding hydrogens is 206 g/mol. The molecule has 0 aliphatic heterocycles. The Hall–Kier alpha value is -0.870. The minimum atomic E-state index is -0.0144. The van der Waals surface area contributed by atoms with E-state index in [0.717, 1.165) is 5.57 Å². The summed E-state index contributed by atoms with van der Waals surface area (Å²) in [4.78, 5) is 11.6. The first-order valence-electron chi connectivity index (χ1n) is 5.89. The van der Waals surface area contributed by atoms with Crippen LogP contribution in [0.3, 0.4) is 0 Å². The summed E-state index contributed by atoms with van der Waals surface area (Å²) in [6.07, 6.45) is 5.77. The van der Waals surface area contributed by atoms with Crippen LogP contribution in [-0.2, 0) is 9.53 Å². The zero-order chi connectivity index (χ0) is 11.8. The third kappa shape index (κ3) is 4.77. The van der Waals surface area contributed by atoms with Crippen molar-refractivity contribution in [1.29, 1.82) is 0 Å². The summed E-state index contributed by atoms with van der Waals surface area (Å²) in [5.74, 6) is 0.593. The number of aliphatic hydroxyl groups is 1. The van der Waals surface area contributed by atoms with Crippen LogP contribution in [0.4, 0.5) is 0 Å². The highest BCUT2D eigenvalue weighted by Crippen LogP contribution is 2.28. The molecule has 0 unspecified atom stereocenters. The summed E-state index contributed by atoms with van der Waals surface area (Å²) < 4.78 is 5.04. The van der Waals surface area contributed by atoms with Gasteiger partial charge in [-0.2, -0.15) is 0 Å². The lowest BCUT2D eigenvalue weighted by molar-refractivity contribution is -0.117. The molecule has 0 bridgehead atoms. The van der Waals surface area contributed by atoms with Crippen LogP contribution < -0.4 is 5.32 Å². The van der Waals surface area contributed by atoms with E-state index in [1.165, 1.54) is 19.3 Å². The molecule has 1 rings (SSSR count). The summed E-state index contributed by atoms with van der Waals surface area (Å²) in [5.41, 5.74) is 0.798. The molecule has 1 aliphatic carbocycles. The standard InChI is InChI=1S/C12H21NO3/c1-10(9-11-3-2-4-11)12(15)13-5-7-16-8-6-14/h9,11,14H,2-8H2,1H3,(H,13,15)/b10-9+. The first-order chi connectivity index (χ1) is 7.74. The number of hydrogen-bond donors (Lipinski definition) is 2. The number of aliphatic hydroxyl groups excluding tert-OH is 1. The van der Waals surface area contributed by atoms with Gasteiger partial charge in [-0.1, -0.05) is 12.5 Å². The second-order valence-electron chi connectivity index (χ2n) is 4.13. The zero-order valence-corrected chi connectivity index (χ0v) is 9.87. The van der Waals surface area contributed by atoms with E-state index in [1.807, 2.05) is 6.92 Å². The van der Waals surface area contributed by atoms with E-state index in [2.05, 4.69) is 11.4 Å². The minimum absolute atomic E-state index is 0.0144. The molecule has 92 valence electrons. The average molecular weight is 227 g/mol. The molecule has 0 spiro atoms. The number of hydrogen-bond acceptors (Lipinski definition) is 3. The quantitative estimate of drug-likeness (QED) is 0.501. The minimum Gasteiger partial charge on any atom is -0.394 e. The van der Waals surface area contributed by atoms with Crippen molar-refractivity contribution in [3.8, 4) is 0 Å². The van der Waals surface area contributed by atoms with Gasteiger partial charge < -0.3 is 15.2 Å². The first-order valence-corrected chi connectivity index (χ1v) is 5.89. The highest BCUT2D eigenvalue weighted by atomic mass is 16.5. The van der Waals surface area contributed by atoms with E-state index >= 15 is 0 Å². The van der Waals surface area contributed by atoms with Crippen molar-refractivity contribution in [2.75, 3.05) is 26.4 Å². The van der Waals surface area contributed by atoms with Crippen molar-refractivity contribution in [3.05, 3.63) is 11.6 Å². The molecule has 1 aliphatic rings. The van der Waals surface area contributed by atoms with Crippen molar-refractivity contribution in [2.45, 2.75) is 26.2 Å². The second kappa shape index (κ2) is 7.41. The predicted molar refractivity (Wildman–Crippen MR) is 62.0 cm³/mol. The van der Waals surface area contributed by atoms with Crippen LogP contribution in [0.15, 0.2) is 11.6 Å². The fourth-order valence-electron chi connectivity index (χ4n) is 1.58. The molecular formula is C12H21NO3. The van der Waals surface area contributed by atoms with Crippen LogP contribution in [0.1, 0.15) is 26.2 Å². The monoisotopic (exact) mass is 227 g/mol. The predicted octanol–water partition coefficient (Wildman–Crippen LogP) is 0.858. The van der Waals surface area contributed by atoms with E-state index in [-0.39, 0.29) is 12.5 Å². The zero-order valence-electron chi connectivity index (χ0n) is 9.87. The molecule has 16 heavy (non-hydrogen) atoms. The Morgan fingerprint density at radius 3 is 2.81 bits per heavy atom. The van der Waals surface area contributed by atoms with Gasteiger partial charge in [-0.15, -0.1) is 0 Å². The van der Waals surface area contributed by atoms with Crippen LogP contribution in [0.25, 0.3) is 0 Å². The van der Waals surface area contributed by atoms with Crippen molar-refractivity contribution < 1.29 is 14.6 Å². The molecule has 0 aromatic carbocycles. The Bertz CT molecular complexity index is 247. The number of amides is 1. The molecule has 0 heterocycles. The van der Waals surface area contributed by atoms with E-state index in [0.29, 0.717) is 25.7 Å². The van der Waals surface area contributed by atoms with Crippen LogP contribution in [0.2, 0.25) is 0 Å². The Balaban J connectivity index is 2.11. The molecule has 1 fully saturated rings. The number of rotatable bonds is 7. The van der Waals surface area contributed by atoms with Gasteiger partial charge in [0.2, 0.25) is 5.91 Å². The first kappa shape index (κ1) is 13.2.